The Bertz CT molecular complexity index is 451. The minimum atomic E-state index is 0.537. The highest BCUT2D eigenvalue weighted by molar-refractivity contribution is 7.12. The van der Waals surface area contributed by atoms with Crippen LogP contribution in [0.5, 0.6) is 0 Å². The number of rotatable bonds is 3. The molecule has 0 amide bonds. The number of nitrogens with one attached hydrogen (secondary N) is 1. The van der Waals surface area contributed by atoms with E-state index in [4.69, 9.17) is 4.98 Å². The molecule has 2 aliphatic rings. The first-order valence-corrected chi connectivity index (χ1v) is 8.95. The van der Waals surface area contributed by atoms with Crippen molar-refractivity contribution >= 4 is 11.3 Å². The minimum Gasteiger partial charge on any atom is -0.314 e. The molecular formula is C16H27N3S. The first-order chi connectivity index (χ1) is 9.69. The molecule has 0 saturated carbocycles. The first-order valence-electron chi connectivity index (χ1n) is 8.13. The third kappa shape index (κ3) is 2.78. The molecule has 1 saturated heterocycles. The van der Waals surface area contributed by atoms with Crippen molar-refractivity contribution in [1.82, 2.24) is 15.2 Å². The third-order valence-electron chi connectivity index (χ3n) is 4.75. The Morgan fingerprint density at radius 2 is 2.10 bits per heavy atom. The van der Waals surface area contributed by atoms with Crippen molar-refractivity contribution in [3.8, 4) is 0 Å². The van der Waals surface area contributed by atoms with E-state index in [1.165, 1.54) is 30.0 Å². The van der Waals surface area contributed by atoms with Gasteiger partial charge in [0.1, 0.15) is 5.01 Å². The summed E-state index contributed by atoms with van der Waals surface area (Å²) in [5.74, 6) is 1.51. The van der Waals surface area contributed by atoms with Crippen molar-refractivity contribution in [1.29, 1.82) is 0 Å². The van der Waals surface area contributed by atoms with E-state index in [-0.39, 0.29) is 0 Å². The van der Waals surface area contributed by atoms with Gasteiger partial charge in [0.15, 0.2) is 0 Å². The Kier molecular flexibility index (Phi) is 4.43. The molecule has 2 heterocycles. The molecule has 0 aromatic carbocycles. The van der Waals surface area contributed by atoms with E-state index in [2.05, 4.69) is 31.0 Å². The molecule has 1 aliphatic heterocycles. The van der Waals surface area contributed by atoms with Crippen LogP contribution in [0, 0.1) is 5.92 Å². The van der Waals surface area contributed by atoms with Crippen molar-refractivity contribution in [3.05, 3.63) is 15.6 Å². The van der Waals surface area contributed by atoms with Gasteiger partial charge in [-0.15, -0.1) is 11.3 Å². The average molecular weight is 293 g/mol. The second-order valence-electron chi connectivity index (χ2n) is 6.52. The molecule has 0 spiro atoms. The lowest BCUT2D eigenvalue weighted by Gasteiger charge is -2.33. The van der Waals surface area contributed by atoms with Crippen LogP contribution in [0.1, 0.15) is 61.2 Å². The number of thiazole rings is 1. The van der Waals surface area contributed by atoms with Crippen LogP contribution >= 0.6 is 11.3 Å². The van der Waals surface area contributed by atoms with Crippen molar-refractivity contribution in [3.63, 3.8) is 0 Å². The predicted octanol–water partition coefficient (Wildman–Crippen LogP) is 3.19. The molecule has 1 N–H and O–H groups in total. The zero-order chi connectivity index (χ0) is 14.1. The normalized spacial score (nSPS) is 29.1. The van der Waals surface area contributed by atoms with E-state index in [0.29, 0.717) is 12.0 Å². The van der Waals surface area contributed by atoms with E-state index < -0.39 is 0 Å². The number of hydrogen-bond donors (Lipinski definition) is 1. The van der Waals surface area contributed by atoms with Crippen molar-refractivity contribution in [2.45, 2.75) is 52.0 Å². The van der Waals surface area contributed by atoms with Crippen molar-refractivity contribution in [2.75, 3.05) is 26.2 Å². The van der Waals surface area contributed by atoms with Crippen LogP contribution < -0.4 is 5.32 Å². The molecule has 20 heavy (non-hydrogen) atoms. The number of aromatic nitrogens is 1. The van der Waals surface area contributed by atoms with Crippen LogP contribution in [0.2, 0.25) is 0 Å². The van der Waals surface area contributed by atoms with E-state index in [0.717, 1.165) is 32.1 Å². The Balaban J connectivity index is 1.83. The molecule has 3 nitrogen and oxygen atoms in total. The molecule has 1 fully saturated rings. The molecule has 1 aromatic heterocycles. The summed E-state index contributed by atoms with van der Waals surface area (Å²) in [5.41, 5.74) is 1.41. The molecular weight excluding hydrogens is 266 g/mol. The zero-order valence-electron chi connectivity index (χ0n) is 13.0. The molecule has 3 atom stereocenters. The number of fused-ring (bicyclic) bond motifs is 1. The maximum Gasteiger partial charge on any atom is 0.110 e. The largest absolute Gasteiger partial charge is 0.314 e. The number of hydrogen-bond acceptors (Lipinski definition) is 4. The fraction of sp³-hybridized carbons (Fsp3) is 0.812. The summed E-state index contributed by atoms with van der Waals surface area (Å²) >= 11 is 2.00. The Labute approximate surface area is 126 Å². The molecule has 4 heteroatoms. The molecule has 0 bridgehead atoms. The van der Waals surface area contributed by atoms with Gasteiger partial charge < -0.3 is 5.32 Å². The van der Waals surface area contributed by atoms with Gasteiger partial charge in [-0.3, -0.25) is 4.90 Å². The average Bonchev–Trinajstić information content (AvgIpc) is 2.84. The first kappa shape index (κ1) is 14.5. The van der Waals surface area contributed by atoms with Gasteiger partial charge in [-0.2, -0.15) is 0 Å². The van der Waals surface area contributed by atoms with Crippen LogP contribution in [0.25, 0.3) is 0 Å². The van der Waals surface area contributed by atoms with E-state index >= 15 is 0 Å². The van der Waals surface area contributed by atoms with E-state index in [9.17, 15) is 0 Å². The summed E-state index contributed by atoms with van der Waals surface area (Å²) < 4.78 is 0. The quantitative estimate of drug-likeness (QED) is 0.927. The molecule has 112 valence electrons. The van der Waals surface area contributed by atoms with Gasteiger partial charge in [0.05, 0.1) is 11.7 Å². The van der Waals surface area contributed by atoms with Crippen LogP contribution in [-0.2, 0) is 6.42 Å². The van der Waals surface area contributed by atoms with Crippen LogP contribution in [0.3, 0.4) is 0 Å². The maximum absolute atomic E-state index is 5.05. The molecule has 1 aromatic rings. The lowest BCUT2D eigenvalue weighted by atomic mass is 9.86. The van der Waals surface area contributed by atoms with Crippen LogP contribution in [-0.4, -0.2) is 36.1 Å². The molecule has 3 rings (SSSR count). The second-order valence-corrected chi connectivity index (χ2v) is 7.58. The van der Waals surface area contributed by atoms with Crippen LogP contribution in [0.4, 0.5) is 0 Å². The number of piperazine rings is 1. The molecule has 0 radical (unpaired) electrons. The lowest BCUT2D eigenvalue weighted by Crippen LogP contribution is -2.45. The Morgan fingerprint density at radius 1 is 1.35 bits per heavy atom. The highest BCUT2D eigenvalue weighted by atomic mass is 32.1. The monoisotopic (exact) mass is 293 g/mol. The summed E-state index contributed by atoms with van der Waals surface area (Å²) in [7, 11) is 0. The maximum atomic E-state index is 5.05. The van der Waals surface area contributed by atoms with Gasteiger partial charge in [0.25, 0.3) is 0 Å². The fourth-order valence-corrected chi connectivity index (χ4v) is 5.14. The van der Waals surface area contributed by atoms with Gasteiger partial charge in [-0.1, -0.05) is 20.8 Å². The van der Waals surface area contributed by atoms with Gasteiger partial charge in [0, 0.05) is 31.1 Å². The smallest absolute Gasteiger partial charge is 0.110 e. The number of nitrogens with zero attached hydrogens (tertiary/aromatic N) is 2. The molecule has 3 unspecified atom stereocenters. The van der Waals surface area contributed by atoms with Gasteiger partial charge in [0.2, 0.25) is 0 Å². The second kappa shape index (κ2) is 6.12. The van der Waals surface area contributed by atoms with Crippen molar-refractivity contribution in [2.24, 2.45) is 5.92 Å². The summed E-state index contributed by atoms with van der Waals surface area (Å²) in [6, 6.07) is 0.537. The highest BCUT2D eigenvalue weighted by Gasteiger charge is 2.29. The predicted molar refractivity (Wildman–Crippen MR) is 85.5 cm³/mol. The fourth-order valence-electron chi connectivity index (χ4n) is 3.76. The lowest BCUT2D eigenvalue weighted by molar-refractivity contribution is 0.169. The van der Waals surface area contributed by atoms with E-state index in [1.54, 1.807) is 4.88 Å². The summed E-state index contributed by atoms with van der Waals surface area (Å²) in [6.07, 6.45) is 3.70. The van der Waals surface area contributed by atoms with Crippen LogP contribution in [0.15, 0.2) is 0 Å². The Hall–Kier alpha value is -0.450. The van der Waals surface area contributed by atoms with Crippen molar-refractivity contribution < 1.29 is 0 Å². The van der Waals surface area contributed by atoms with Gasteiger partial charge in [-0.25, -0.2) is 4.98 Å². The standard InChI is InChI=1S/C16H27N3S/c1-4-14(19-7-5-17-6-8-19)16-18-13-10-11(2)9-12(3)15(13)20-16/h11-12,14,17H,4-10H2,1-3H3. The zero-order valence-corrected chi connectivity index (χ0v) is 13.8. The summed E-state index contributed by atoms with van der Waals surface area (Å²) in [6.45, 7) is 11.6. The Morgan fingerprint density at radius 3 is 2.80 bits per heavy atom. The topological polar surface area (TPSA) is 28.2 Å². The summed E-state index contributed by atoms with van der Waals surface area (Å²) in [4.78, 5) is 9.25. The molecule has 1 aliphatic carbocycles. The third-order valence-corrected chi connectivity index (χ3v) is 6.18. The van der Waals surface area contributed by atoms with Gasteiger partial charge >= 0.3 is 0 Å². The SMILES string of the molecule is CCC(c1nc2c(s1)C(C)CC(C)C2)N1CCNCC1. The van der Waals surface area contributed by atoms with E-state index in [1.807, 2.05) is 11.3 Å². The summed E-state index contributed by atoms with van der Waals surface area (Å²) in [5, 5.41) is 4.82. The minimum absolute atomic E-state index is 0.537. The highest BCUT2D eigenvalue weighted by Crippen LogP contribution is 2.40. The van der Waals surface area contributed by atoms with Gasteiger partial charge in [-0.05, 0) is 31.1 Å².